The Hall–Kier alpha value is -2.04. The van der Waals surface area contributed by atoms with Crippen LogP contribution in [-0.4, -0.2) is 29.6 Å². The number of nitrogens with one attached hydrogen (secondary N) is 2. The fraction of sp³-hybridized carbons (Fsp3) is 0.429. The monoisotopic (exact) mass is 264 g/mol. The van der Waals surface area contributed by atoms with Crippen LogP contribution in [0, 0.1) is 0 Å². The number of carbonyl (C=O) groups is 2. The van der Waals surface area contributed by atoms with Gasteiger partial charge < -0.3 is 15.7 Å². The summed E-state index contributed by atoms with van der Waals surface area (Å²) in [6, 6.07) is 8.50. The molecule has 1 aromatic rings. The zero-order valence-electron chi connectivity index (χ0n) is 11.1. The number of carboxylic acid groups (broad SMARTS) is 1. The Bertz CT molecular complexity index is 406. The van der Waals surface area contributed by atoms with Gasteiger partial charge in [-0.05, 0) is 18.6 Å². The molecule has 0 saturated heterocycles. The molecule has 3 N–H and O–H groups in total. The second-order valence-corrected chi connectivity index (χ2v) is 4.32. The summed E-state index contributed by atoms with van der Waals surface area (Å²) < 4.78 is 0. The van der Waals surface area contributed by atoms with E-state index in [-0.39, 0.29) is 12.5 Å². The summed E-state index contributed by atoms with van der Waals surface area (Å²) in [4.78, 5) is 22.6. The number of rotatable bonds is 8. The van der Waals surface area contributed by atoms with Crippen LogP contribution in [0.5, 0.6) is 0 Å². The zero-order chi connectivity index (χ0) is 14.1. The van der Waals surface area contributed by atoms with Crippen LogP contribution in [0.1, 0.15) is 26.2 Å². The van der Waals surface area contributed by atoms with Gasteiger partial charge in [-0.15, -0.1) is 0 Å². The summed E-state index contributed by atoms with van der Waals surface area (Å²) in [6.45, 7) is 2.05. The first-order valence-corrected chi connectivity index (χ1v) is 6.44. The fourth-order valence-electron chi connectivity index (χ4n) is 1.65. The maximum Gasteiger partial charge on any atom is 0.326 e. The highest BCUT2D eigenvalue weighted by Crippen LogP contribution is 2.04. The van der Waals surface area contributed by atoms with Gasteiger partial charge in [-0.2, -0.15) is 0 Å². The molecule has 1 atom stereocenters. The SMILES string of the molecule is CCCC[C@H](NC(=O)CNc1ccccc1)C(=O)O. The van der Waals surface area contributed by atoms with Gasteiger partial charge in [0.05, 0.1) is 6.54 Å². The molecule has 0 unspecified atom stereocenters. The summed E-state index contributed by atoms with van der Waals surface area (Å²) in [5, 5.41) is 14.5. The van der Waals surface area contributed by atoms with E-state index in [1.165, 1.54) is 0 Å². The largest absolute Gasteiger partial charge is 0.480 e. The topological polar surface area (TPSA) is 78.4 Å². The van der Waals surface area contributed by atoms with Crippen LogP contribution in [0.15, 0.2) is 30.3 Å². The van der Waals surface area contributed by atoms with Gasteiger partial charge in [0.15, 0.2) is 0 Å². The number of amides is 1. The van der Waals surface area contributed by atoms with E-state index in [0.29, 0.717) is 6.42 Å². The predicted octanol–water partition coefficient (Wildman–Crippen LogP) is 1.86. The van der Waals surface area contributed by atoms with E-state index in [1.54, 1.807) is 0 Å². The molecule has 1 amide bonds. The molecular formula is C14H20N2O3. The predicted molar refractivity (Wildman–Crippen MR) is 74.0 cm³/mol. The first-order chi connectivity index (χ1) is 9.13. The maximum absolute atomic E-state index is 11.7. The molecule has 1 rings (SSSR count). The van der Waals surface area contributed by atoms with Crippen molar-refractivity contribution >= 4 is 17.6 Å². The molecule has 1 aromatic carbocycles. The van der Waals surface area contributed by atoms with Crippen LogP contribution in [0.4, 0.5) is 5.69 Å². The molecular weight excluding hydrogens is 244 g/mol. The Morgan fingerprint density at radius 3 is 2.53 bits per heavy atom. The minimum atomic E-state index is -0.985. The van der Waals surface area contributed by atoms with Crippen molar-refractivity contribution in [2.75, 3.05) is 11.9 Å². The highest BCUT2D eigenvalue weighted by molar-refractivity contribution is 5.86. The first kappa shape index (κ1) is 15.0. The van der Waals surface area contributed by atoms with Gasteiger partial charge in [-0.1, -0.05) is 38.0 Å². The number of unbranched alkanes of at least 4 members (excludes halogenated alkanes) is 1. The van der Waals surface area contributed by atoms with Crippen molar-refractivity contribution in [2.24, 2.45) is 0 Å². The van der Waals surface area contributed by atoms with Crippen LogP contribution >= 0.6 is 0 Å². The van der Waals surface area contributed by atoms with Gasteiger partial charge >= 0.3 is 5.97 Å². The lowest BCUT2D eigenvalue weighted by Crippen LogP contribution is -2.43. The van der Waals surface area contributed by atoms with Crippen LogP contribution < -0.4 is 10.6 Å². The lowest BCUT2D eigenvalue weighted by Gasteiger charge is -2.14. The van der Waals surface area contributed by atoms with Crippen LogP contribution in [0.25, 0.3) is 0 Å². The van der Waals surface area contributed by atoms with Crippen molar-refractivity contribution in [3.05, 3.63) is 30.3 Å². The van der Waals surface area contributed by atoms with Crippen molar-refractivity contribution < 1.29 is 14.7 Å². The molecule has 0 radical (unpaired) electrons. The average molecular weight is 264 g/mol. The van der Waals surface area contributed by atoms with E-state index in [4.69, 9.17) is 5.11 Å². The summed E-state index contributed by atoms with van der Waals surface area (Å²) in [6.07, 6.45) is 2.15. The van der Waals surface area contributed by atoms with Crippen molar-refractivity contribution in [3.8, 4) is 0 Å². The number of carbonyl (C=O) groups excluding carboxylic acids is 1. The van der Waals surface area contributed by atoms with Crippen LogP contribution in [-0.2, 0) is 9.59 Å². The number of hydrogen-bond acceptors (Lipinski definition) is 3. The molecule has 0 heterocycles. The summed E-state index contributed by atoms with van der Waals surface area (Å²) in [5.74, 6) is -1.30. The van der Waals surface area contributed by atoms with Gasteiger partial charge in [-0.3, -0.25) is 4.79 Å². The van der Waals surface area contributed by atoms with Gasteiger partial charge in [0, 0.05) is 5.69 Å². The smallest absolute Gasteiger partial charge is 0.326 e. The van der Waals surface area contributed by atoms with Gasteiger partial charge in [0.1, 0.15) is 6.04 Å². The number of anilines is 1. The van der Waals surface area contributed by atoms with Gasteiger partial charge in [-0.25, -0.2) is 4.79 Å². The van der Waals surface area contributed by atoms with Crippen molar-refractivity contribution in [1.29, 1.82) is 0 Å². The molecule has 0 aliphatic heterocycles. The maximum atomic E-state index is 11.7. The van der Waals surface area contributed by atoms with Gasteiger partial charge in [0.25, 0.3) is 0 Å². The molecule has 0 saturated carbocycles. The second kappa shape index (κ2) is 8.13. The fourth-order valence-corrected chi connectivity index (χ4v) is 1.65. The third kappa shape index (κ3) is 5.90. The Labute approximate surface area is 113 Å². The molecule has 0 spiro atoms. The molecule has 104 valence electrons. The third-order valence-electron chi connectivity index (χ3n) is 2.71. The minimum absolute atomic E-state index is 0.0694. The Morgan fingerprint density at radius 2 is 1.95 bits per heavy atom. The third-order valence-corrected chi connectivity index (χ3v) is 2.71. The normalized spacial score (nSPS) is 11.6. The van der Waals surface area contributed by atoms with E-state index in [2.05, 4.69) is 10.6 Å². The lowest BCUT2D eigenvalue weighted by molar-refractivity contribution is -0.141. The number of carboxylic acids is 1. The Morgan fingerprint density at radius 1 is 1.26 bits per heavy atom. The molecule has 19 heavy (non-hydrogen) atoms. The lowest BCUT2D eigenvalue weighted by atomic mass is 10.1. The van der Waals surface area contributed by atoms with Gasteiger partial charge in [0.2, 0.25) is 5.91 Å². The standard InChI is InChI=1S/C14H20N2O3/c1-2-3-9-12(14(18)19)16-13(17)10-15-11-7-5-4-6-8-11/h4-8,12,15H,2-3,9-10H2,1H3,(H,16,17)(H,18,19)/t12-/m0/s1. The number of aliphatic carboxylic acids is 1. The molecule has 5 nitrogen and oxygen atoms in total. The number of hydrogen-bond donors (Lipinski definition) is 3. The van der Waals surface area contributed by atoms with E-state index in [1.807, 2.05) is 37.3 Å². The van der Waals surface area contributed by atoms with Crippen molar-refractivity contribution in [1.82, 2.24) is 5.32 Å². The number of para-hydroxylation sites is 1. The van der Waals surface area contributed by atoms with Crippen molar-refractivity contribution in [2.45, 2.75) is 32.2 Å². The summed E-state index contributed by atoms with van der Waals surface area (Å²) >= 11 is 0. The summed E-state index contributed by atoms with van der Waals surface area (Å²) in [7, 11) is 0. The quantitative estimate of drug-likeness (QED) is 0.669. The van der Waals surface area contributed by atoms with E-state index in [9.17, 15) is 9.59 Å². The highest BCUT2D eigenvalue weighted by Gasteiger charge is 2.18. The Balaban J connectivity index is 2.38. The molecule has 0 bridgehead atoms. The van der Waals surface area contributed by atoms with Crippen molar-refractivity contribution in [3.63, 3.8) is 0 Å². The molecule has 5 heteroatoms. The van der Waals surface area contributed by atoms with Crippen LogP contribution in [0.3, 0.4) is 0 Å². The zero-order valence-corrected chi connectivity index (χ0v) is 11.1. The number of benzene rings is 1. The minimum Gasteiger partial charge on any atom is -0.480 e. The summed E-state index contributed by atoms with van der Waals surface area (Å²) in [5.41, 5.74) is 0.832. The highest BCUT2D eigenvalue weighted by atomic mass is 16.4. The molecule has 0 aliphatic rings. The van der Waals surface area contributed by atoms with Crippen LogP contribution in [0.2, 0.25) is 0 Å². The molecule has 0 fully saturated rings. The van der Waals surface area contributed by atoms with E-state index in [0.717, 1.165) is 18.5 Å². The first-order valence-electron chi connectivity index (χ1n) is 6.44. The molecule has 0 aromatic heterocycles. The average Bonchev–Trinajstić information content (AvgIpc) is 2.42. The Kier molecular flexibility index (Phi) is 6.43. The second-order valence-electron chi connectivity index (χ2n) is 4.32. The van der Waals surface area contributed by atoms with E-state index >= 15 is 0 Å². The molecule has 0 aliphatic carbocycles. The van der Waals surface area contributed by atoms with E-state index < -0.39 is 12.0 Å².